The van der Waals surface area contributed by atoms with Crippen molar-refractivity contribution in [2.75, 3.05) is 13.1 Å². The summed E-state index contributed by atoms with van der Waals surface area (Å²) in [5, 5.41) is 6.09. The molecule has 1 aromatic rings. The summed E-state index contributed by atoms with van der Waals surface area (Å²) in [5.41, 5.74) is 0. The average molecular weight is 238 g/mol. The van der Waals surface area contributed by atoms with Crippen LogP contribution in [0.15, 0.2) is 18.7 Å². The van der Waals surface area contributed by atoms with E-state index in [1.54, 1.807) is 12.5 Å². The molecule has 0 bridgehead atoms. The highest BCUT2D eigenvalue weighted by Crippen LogP contribution is 1.90. The van der Waals surface area contributed by atoms with E-state index in [4.69, 9.17) is 0 Å². The smallest absolute Gasteiger partial charge is 0.236 e. The summed E-state index contributed by atoms with van der Waals surface area (Å²) in [7, 11) is 0. The molecule has 0 radical (unpaired) electrons. The summed E-state index contributed by atoms with van der Waals surface area (Å²) in [6.07, 6.45) is 5.43. The predicted octanol–water partition coefficient (Wildman–Crippen LogP) is 0.633. The summed E-state index contributed by atoms with van der Waals surface area (Å²) in [5.74, 6) is 0.543. The van der Waals surface area contributed by atoms with E-state index < -0.39 is 0 Å². The molecule has 2 N–H and O–H groups in total. The Morgan fingerprint density at radius 1 is 1.41 bits per heavy atom. The zero-order valence-electron chi connectivity index (χ0n) is 10.8. The van der Waals surface area contributed by atoms with E-state index in [0.29, 0.717) is 5.92 Å². The Balaban J connectivity index is 2.15. The highest BCUT2D eigenvalue weighted by atomic mass is 16.2. The second kappa shape index (κ2) is 7.06. The molecule has 96 valence electrons. The van der Waals surface area contributed by atoms with E-state index in [-0.39, 0.29) is 11.9 Å². The van der Waals surface area contributed by atoms with Gasteiger partial charge in [-0.15, -0.1) is 0 Å². The number of amides is 1. The molecule has 5 heteroatoms. The number of hydrogen-bond donors (Lipinski definition) is 2. The highest BCUT2D eigenvalue weighted by molar-refractivity contribution is 5.81. The van der Waals surface area contributed by atoms with Crippen LogP contribution in [0.2, 0.25) is 0 Å². The van der Waals surface area contributed by atoms with Gasteiger partial charge in [0.05, 0.1) is 12.4 Å². The minimum absolute atomic E-state index is 0.0596. The SMILES string of the molecule is CC(C)CNC(=O)C(C)NCCn1ccnc1. The zero-order chi connectivity index (χ0) is 12.7. The van der Waals surface area contributed by atoms with E-state index in [2.05, 4.69) is 29.5 Å². The Bertz CT molecular complexity index is 321. The first-order valence-electron chi connectivity index (χ1n) is 6.06. The normalized spacial score (nSPS) is 12.7. The fourth-order valence-corrected chi connectivity index (χ4v) is 1.38. The fourth-order valence-electron chi connectivity index (χ4n) is 1.38. The third kappa shape index (κ3) is 5.49. The van der Waals surface area contributed by atoms with Crippen LogP contribution < -0.4 is 10.6 Å². The molecule has 0 aliphatic carbocycles. The van der Waals surface area contributed by atoms with Crippen molar-refractivity contribution < 1.29 is 4.79 Å². The molecule has 17 heavy (non-hydrogen) atoms. The number of hydrogen-bond acceptors (Lipinski definition) is 3. The molecular formula is C12H22N4O. The van der Waals surface area contributed by atoms with Gasteiger partial charge in [0.15, 0.2) is 0 Å². The molecule has 1 atom stereocenters. The van der Waals surface area contributed by atoms with E-state index >= 15 is 0 Å². The molecule has 0 saturated heterocycles. The zero-order valence-corrected chi connectivity index (χ0v) is 10.8. The van der Waals surface area contributed by atoms with E-state index in [1.165, 1.54) is 0 Å². The van der Waals surface area contributed by atoms with Crippen molar-refractivity contribution in [3.8, 4) is 0 Å². The lowest BCUT2D eigenvalue weighted by atomic mass is 10.2. The van der Waals surface area contributed by atoms with Gasteiger partial charge in [-0.2, -0.15) is 0 Å². The van der Waals surface area contributed by atoms with Gasteiger partial charge >= 0.3 is 0 Å². The van der Waals surface area contributed by atoms with Crippen LogP contribution in [0.25, 0.3) is 0 Å². The quantitative estimate of drug-likeness (QED) is 0.732. The van der Waals surface area contributed by atoms with E-state index in [0.717, 1.165) is 19.6 Å². The van der Waals surface area contributed by atoms with Crippen LogP contribution in [0, 0.1) is 5.92 Å². The minimum Gasteiger partial charge on any atom is -0.354 e. The predicted molar refractivity (Wildman–Crippen MR) is 67.5 cm³/mol. The molecule has 1 amide bonds. The standard InChI is InChI=1S/C12H22N4O/c1-10(2)8-15-12(17)11(3)14-5-7-16-6-4-13-9-16/h4,6,9-11,14H,5,7-8H2,1-3H3,(H,15,17). The monoisotopic (exact) mass is 238 g/mol. The summed E-state index contributed by atoms with van der Waals surface area (Å²) in [6, 6.07) is -0.155. The molecule has 0 fully saturated rings. The van der Waals surface area contributed by atoms with Crippen LogP contribution >= 0.6 is 0 Å². The van der Waals surface area contributed by atoms with Gasteiger partial charge in [-0.1, -0.05) is 13.8 Å². The van der Waals surface area contributed by atoms with Crippen LogP contribution in [0.4, 0.5) is 0 Å². The molecule has 0 saturated carbocycles. The van der Waals surface area contributed by atoms with Crippen molar-refractivity contribution in [3.05, 3.63) is 18.7 Å². The number of rotatable bonds is 7. The number of imidazole rings is 1. The van der Waals surface area contributed by atoms with Gasteiger partial charge in [-0.3, -0.25) is 4.79 Å². The Morgan fingerprint density at radius 3 is 2.76 bits per heavy atom. The summed E-state index contributed by atoms with van der Waals surface area (Å²) in [6.45, 7) is 8.35. The van der Waals surface area contributed by atoms with Gasteiger partial charge < -0.3 is 15.2 Å². The largest absolute Gasteiger partial charge is 0.354 e. The van der Waals surface area contributed by atoms with Crippen LogP contribution in [0.5, 0.6) is 0 Å². The number of nitrogens with one attached hydrogen (secondary N) is 2. The first kappa shape index (κ1) is 13.7. The van der Waals surface area contributed by atoms with Crippen LogP contribution in [-0.2, 0) is 11.3 Å². The van der Waals surface area contributed by atoms with E-state index in [9.17, 15) is 4.79 Å². The molecule has 0 aliphatic rings. The second-order valence-electron chi connectivity index (χ2n) is 4.62. The lowest BCUT2D eigenvalue weighted by Crippen LogP contribution is -2.44. The maximum Gasteiger partial charge on any atom is 0.236 e. The topological polar surface area (TPSA) is 59.0 Å². The van der Waals surface area contributed by atoms with Gasteiger partial charge in [0.2, 0.25) is 5.91 Å². The lowest BCUT2D eigenvalue weighted by Gasteiger charge is -2.15. The van der Waals surface area contributed by atoms with Crippen molar-refractivity contribution in [2.24, 2.45) is 5.92 Å². The third-order valence-electron chi connectivity index (χ3n) is 2.46. The van der Waals surface area contributed by atoms with Crippen molar-refractivity contribution in [1.29, 1.82) is 0 Å². The van der Waals surface area contributed by atoms with E-state index in [1.807, 2.05) is 17.7 Å². The van der Waals surface area contributed by atoms with Gasteiger partial charge in [-0.05, 0) is 12.8 Å². The minimum atomic E-state index is -0.155. The molecular weight excluding hydrogens is 216 g/mol. The van der Waals surface area contributed by atoms with Crippen LogP contribution in [-0.4, -0.2) is 34.6 Å². The fraction of sp³-hybridized carbons (Fsp3) is 0.667. The highest BCUT2D eigenvalue weighted by Gasteiger charge is 2.11. The summed E-state index contributed by atoms with van der Waals surface area (Å²) in [4.78, 5) is 15.6. The molecule has 0 spiro atoms. The van der Waals surface area contributed by atoms with Gasteiger partial charge in [0.25, 0.3) is 0 Å². The Hall–Kier alpha value is -1.36. The van der Waals surface area contributed by atoms with Crippen molar-refractivity contribution in [2.45, 2.75) is 33.4 Å². The third-order valence-corrected chi connectivity index (χ3v) is 2.46. The van der Waals surface area contributed by atoms with Gasteiger partial charge in [0, 0.05) is 32.0 Å². The maximum absolute atomic E-state index is 11.6. The number of aromatic nitrogens is 2. The Kier molecular flexibility index (Phi) is 5.69. The summed E-state index contributed by atoms with van der Waals surface area (Å²) < 4.78 is 1.98. The Labute approximate surface area is 103 Å². The molecule has 0 aromatic carbocycles. The molecule has 5 nitrogen and oxygen atoms in total. The second-order valence-corrected chi connectivity index (χ2v) is 4.62. The first-order valence-corrected chi connectivity index (χ1v) is 6.06. The lowest BCUT2D eigenvalue weighted by molar-refractivity contribution is -0.122. The Morgan fingerprint density at radius 2 is 2.18 bits per heavy atom. The van der Waals surface area contributed by atoms with Gasteiger partial charge in [-0.25, -0.2) is 4.98 Å². The van der Waals surface area contributed by atoms with Crippen molar-refractivity contribution in [3.63, 3.8) is 0 Å². The van der Waals surface area contributed by atoms with Gasteiger partial charge in [0.1, 0.15) is 0 Å². The number of carbonyl (C=O) groups is 1. The van der Waals surface area contributed by atoms with Crippen molar-refractivity contribution in [1.82, 2.24) is 20.2 Å². The van der Waals surface area contributed by atoms with Crippen LogP contribution in [0.3, 0.4) is 0 Å². The molecule has 1 rings (SSSR count). The molecule has 1 aromatic heterocycles. The van der Waals surface area contributed by atoms with Crippen LogP contribution in [0.1, 0.15) is 20.8 Å². The maximum atomic E-state index is 11.6. The number of nitrogens with zero attached hydrogens (tertiary/aromatic N) is 2. The average Bonchev–Trinajstić information content (AvgIpc) is 2.78. The molecule has 1 heterocycles. The summed E-state index contributed by atoms with van der Waals surface area (Å²) >= 11 is 0. The molecule has 1 unspecified atom stereocenters. The van der Waals surface area contributed by atoms with Crippen molar-refractivity contribution >= 4 is 5.91 Å². The first-order chi connectivity index (χ1) is 8.09. The molecule has 0 aliphatic heterocycles. The number of carbonyl (C=O) groups excluding carboxylic acids is 1.